The topological polar surface area (TPSA) is 36.9 Å². The maximum atomic E-state index is 6.91. The Kier molecular flexibility index (Phi) is 4.37. The quantitative estimate of drug-likeness (QED) is 0.598. The summed E-state index contributed by atoms with van der Waals surface area (Å²) in [5, 5.41) is 0. The minimum atomic E-state index is 0.00546. The Hall–Kier alpha value is -0.160. The summed E-state index contributed by atoms with van der Waals surface area (Å²) < 4.78 is 24.9. The lowest BCUT2D eigenvalue weighted by Crippen LogP contribution is -2.68. The van der Waals surface area contributed by atoms with Gasteiger partial charge in [-0.15, -0.1) is 0 Å². The van der Waals surface area contributed by atoms with Gasteiger partial charge in [0.1, 0.15) is 0 Å². The Labute approximate surface area is 171 Å². The minimum absolute atomic E-state index is 0.00546. The van der Waals surface area contributed by atoms with E-state index in [2.05, 4.69) is 27.7 Å². The average Bonchev–Trinajstić information content (AvgIpc) is 2.50. The molecule has 4 saturated carbocycles. The van der Waals surface area contributed by atoms with Gasteiger partial charge in [0, 0.05) is 17.3 Å². The molecule has 0 aromatic carbocycles. The van der Waals surface area contributed by atoms with E-state index in [4.69, 9.17) is 18.9 Å². The van der Waals surface area contributed by atoms with Gasteiger partial charge >= 0.3 is 0 Å². The molecule has 4 bridgehead atoms. The van der Waals surface area contributed by atoms with E-state index in [1.807, 2.05) is 0 Å². The van der Waals surface area contributed by atoms with Gasteiger partial charge in [-0.3, -0.25) is 0 Å². The maximum absolute atomic E-state index is 6.91. The number of hydrogen-bond acceptors (Lipinski definition) is 4. The molecule has 160 valence electrons. The van der Waals surface area contributed by atoms with Gasteiger partial charge in [-0.2, -0.15) is 0 Å². The molecule has 6 aliphatic rings. The fourth-order valence-corrected chi connectivity index (χ4v) is 7.96. The highest BCUT2D eigenvalue weighted by Crippen LogP contribution is 2.69. The van der Waals surface area contributed by atoms with Gasteiger partial charge in [-0.1, -0.05) is 27.7 Å². The summed E-state index contributed by atoms with van der Waals surface area (Å²) in [5.41, 5.74) is 1.24. The van der Waals surface area contributed by atoms with Crippen molar-refractivity contribution in [1.29, 1.82) is 0 Å². The monoisotopic (exact) mass is 392 g/mol. The Morgan fingerprint density at radius 2 is 1.00 bits per heavy atom. The summed E-state index contributed by atoms with van der Waals surface area (Å²) in [6.07, 6.45) is 9.57. The Morgan fingerprint density at radius 1 is 0.607 bits per heavy atom. The van der Waals surface area contributed by atoms with Crippen LogP contribution in [0.5, 0.6) is 0 Å². The molecule has 4 heteroatoms. The second-order valence-corrected chi connectivity index (χ2v) is 12.3. The third-order valence-corrected chi connectivity index (χ3v) is 9.00. The van der Waals surface area contributed by atoms with Crippen molar-refractivity contribution in [3.05, 3.63) is 0 Å². The molecule has 0 radical (unpaired) electrons. The van der Waals surface area contributed by atoms with Gasteiger partial charge in [-0.05, 0) is 55.8 Å². The molecule has 0 atom stereocenters. The molecule has 0 N–H and O–H groups in total. The van der Waals surface area contributed by atoms with Gasteiger partial charge in [0.15, 0.2) is 0 Å². The predicted octanol–water partition coefficient (Wildman–Crippen LogP) is 4.74. The number of ether oxygens (including phenoxy) is 4. The van der Waals surface area contributed by atoms with Crippen LogP contribution >= 0.6 is 0 Å². The fraction of sp³-hybridized carbons (Fsp3) is 1.00. The first kappa shape index (κ1) is 19.8. The van der Waals surface area contributed by atoms with E-state index in [1.165, 1.54) is 32.1 Å². The van der Waals surface area contributed by atoms with Crippen LogP contribution in [-0.2, 0) is 18.9 Å². The van der Waals surface area contributed by atoms with Crippen molar-refractivity contribution in [1.82, 2.24) is 0 Å². The Bertz CT molecular complexity index is 543. The maximum Gasteiger partial charge on any atom is 0.0720 e. The lowest BCUT2D eigenvalue weighted by molar-refractivity contribution is -0.303. The van der Waals surface area contributed by atoms with E-state index < -0.39 is 0 Å². The molecule has 2 heterocycles. The molecular formula is C24H40O4. The van der Waals surface area contributed by atoms with E-state index in [0.717, 1.165) is 58.9 Å². The van der Waals surface area contributed by atoms with Gasteiger partial charge in [-0.25, -0.2) is 0 Å². The number of hydrogen-bond donors (Lipinski definition) is 0. The predicted molar refractivity (Wildman–Crippen MR) is 108 cm³/mol. The molecule has 6 fully saturated rings. The highest BCUT2D eigenvalue weighted by atomic mass is 16.5. The second-order valence-electron chi connectivity index (χ2n) is 12.3. The molecule has 2 aliphatic heterocycles. The highest BCUT2D eigenvalue weighted by molar-refractivity contribution is 5.18. The van der Waals surface area contributed by atoms with E-state index in [1.54, 1.807) is 0 Å². The van der Waals surface area contributed by atoms with Gasteiger partial charge < -0.3 is 18.9 Å². The lowest BCUT2D eigenvalue weighted by atomic mass is 9.42. The Balaban J connectivity index is 1.36. The van der Waals surface area contributed by atoms with E-state index in [9.17, 15) is 0 Å². The molecule has 0 unspecified atom stereocenters. The molecule has 6 rings (SSSR count). The zero-order chi connectivity index (χ0) is 19.7. The van der Waals surface area contributed by atoms with Crippen molar-refractivity contribution in [2.45, 2.75) is 90.3 Å². The van der Waals surface area contributed by atoms with Gasteiger partial charge in [0.25, 0.3) is 0 Å². The highest BCUT2D eigenvalue weighted by Gasteiger charge is 2.67. The molecule has 4 nitrogen and oxygen atoms in total. The van der Waals surface area contributed by atoms with Crippen molar-refractivity contribution in [2.24, 2.45) is 21.7 Å². The van der Waals surface area contributed by atoms with Crippen molar-refractivity contribution >= 4 is 0 Å². The van der Waals surface area contributed by atoms with Gasteiger partial charge in [0.05, 0.1) is 50.8 Å². The normalized spacial score (nSPS) is 47.6. The molecule has 0 aromatic heterocycles. The zero-order valence-electron chi connectivity index (χ0n) is 18.5. The van der Waals surface area contributed by atoms with Crippen molar-refractivity contribution in [3.63, 3.8) is 0 Å². The van der Waals surface area contributed by atoms with Crippen LogP contribution in [0.1, 0.15) is 79.1 Å². The van der Waals surface area contributed by atoms with Crippen LogP contribution in [0.25, 0.3) is 0 Å². The van der Waals surface area contributed by atoms with E-state index in [0.29, 0.717) is 10.8 Å². The van der Waals surface area contributed by atoms with Crippen LogP contribution in [0, 0.1) is 21.7 Å². The van der Waals surface area contributed by atoms with Crippen molar-refractivity contribution in [3.8, 4) is 0 Å². The summed E-state index contributed by atoms with van der Waals surface area (Å²) in [6.45, 7) is 14.8. The smallest absolute Gasteiger partial charge is 0.0720 e. The van der Waals surface area contributed by atoms with Crippen molar-refractivity contribution < 1.29 is 18.9 Å². The first-order valence-electron chi connectivity index (χ1n) is 11.6. The lowest BCUT2D eigenvalue weighted by Gasteiger charge is -2.69. The second kappa shape index (κ2) is 6.18. The van der Waals surface area contributed by atoms with Crippen molar-refractivity contribution in [2.75, 3.05) is 39.6 Å². The van der Waals surface area contributed by atoms with Crippen LogP contribution in [0.4, 0.5) is 0 Å². The first-order chi connectivity index (χ1) is 13.2. The average molecular weight is 393 g/mol. The summed E-state index contributed by atoms with van der Waals surface area (Å²) >= 11 is 0. The summed E-state index contributed by atoms with van der Waals surface area (Å²) in [6, 6.07) is 0. The summed E-state index contributed by atoms with van der Waals surface area (Å²) in [4.78, 5) is 0. The largest absolute Gasteiger partial charge is 0.380 e. The molecule has 0 aromatic rings. The molecule has 2 saturated heterocycles. The third-order valence-electron chi connectivity index (χ3n) is 9.00. The summed E-state index contributed by atoms with van der Waals surface area (Å²) in [7, 11) is 0. The van der Waals surface area contributed by atoms with Crippen LogP contribution < -0.4 is 0 Å². The van der Waals surface area contributed by atoms with E-state index in [-0.39, 0.29) is 22.0 Å². The van der Waals surface area contributed by atoms with Crippen LogP contribution in [0.3, 0.4) is 0 Å². The van der Waals surface area contributed by atoms with E-state index >= 15 is 0 Å². The SMILES string of the molecule is CCC1(COC23CC4(C)CC(C)(C2)CC(OCC2(CC)COC2)(C4)C3)COC1. The summed E-state index contributed by atoms with van der Waals surface area (Å²) in [5.74, 6) is 0. The Morgan fingerprint density at radius 3 is 1.29 bits per heavy atom. The molecule has 28 heavy (non-hydrogen) atoms. The van der Waals surface area contributed by atoms with Gasteiger partial charge in [0.2, 0.25) is 0 Å². The molecule has 0 amide bonds. The van der Waals surface area contributed by atoms with Crippen LogP contribution in [0.15, 0.2) is 0 Å². The zero-order valence-corrected chi connectivity index (χ0v) is 18.5. The standard InChI is InChI=1S/C24H40O4/c1-5-21(13-25-14-21)17-27-23-8-19(3)7-20(4,9-23)11-24(10-19,12-23)28-18-22(6-2)15-26-16-22/h5-18H2,1-4H3. The third kappa shape index (κ3) is 3.09. The van der Waals surface area contributed by atoms with Crippen LogP contribution in [-0.4, -0.2) is 50.8 Å². The van der Waals surface area contributed by atoms with Crippen LogP contribution in [0.2, 0.25) is 0 Å². The first-order valence-corrected chi connectivity index (χ1v) is 11.6. The number of rotatable bonds is 8. The molecule has 4 aliphatic carbocycles. The minimum Gasteiger partial charge on any atom is -0.380 e. The molecular weight excluding hydrogens is 352 g/mol. The fourth-order valence-electron chi connectivity index (χ4n) is 7.96. The molecule has 0 spiro atoms.